The lowest BCUT2D eigenvalue weighted by Gasteiger charge is -2.20. The summed E-state index contributed by atoms with van der Waals surface area (Å²) in [5.74, 6) is 0.155. The monoisotopic (exact) mass is 450 g/mol. The fraction of sp³-hybridized carbons (Fsp3) is 0.333. The van der Waals surface area contributed by atoms with Gasteiger partial charge in [0.05, 0.1) is 18.7 Å². The van der Waals surface area contributed by atoms with Gasteiger partial charge in [0.25, 0.3) is 0 Å². The second-order valence-electron chi connectivity index (χ2n) is 8.09. The van der Waals surface area contributed by atoms with Crippen LogP contribution in [0, 0.1) is 12.8 Å². The van der Waals surface area contributed by atoms with E-state index in [0.29, 0.717) is 29.0 Å². The van der Waals surface area contributed by atoms with Crippen molar-refractivity contribution < 1.29 is 14.3 Å². The van der Waals surface area contributed by atoms with Crippen LogP contribution in [0.15, 0.2) is 48.5 Å². The van der Waals surface area contributed by atoms with Crippen molar-refractivity contribution in [3.05, 3.63) is 64.7 Å². The third-order valence-electron chi connectivity index (χ3n) is 5.67. The van der Waals surface area contributed by atoms with Crippen LogP contribution >= 0.6 is 11.3 Å². The summed E-state index contributed by atoms with van der Waals surface area (Å²) < 4.78 is 5.41. The molecule has 2 heterocycles. The third kappa shape index (κ3) is 4.80. The molecule has 2 aromatic carbocycles. The normalized spacial score (nSPS) is 16.8. The predicted molar refractivity (Wildman–Crippen MR) is 125 cm³/mol. The first kappa shape index (κ1) is 22.0. The summed E-state index contributed by atoms with van der Waals surface area (Å²) >= 11 is 1.38. The highest BCUT2D eigenvalue weighted by Gasteiger charge is 2.36. The lowest BCUT2D eigenvalue weighted by molar-refractivity contribution is -0.122. The summed E-state index contributed by atoms with van der Waals surface area (Å²) in [5.41, 5.74) is 2.96. The average molecular weight is 451 g/mol. The average Bonchev–Trinajstić information content (AvgIpc) is 3.40. The molecule has 1 aliphatic rings. The van der Waals surface area contributed by atoms with E-state index in [4.69, 9.17) is 4.74 Å². The van der Waals surface area contributed by atoms with Gasteiger partial charge in [-0.2, -0.15) is 0 Å². The molecule has 0 aliphatic carbocycles. The van der Waals surface area contributed by atoms with Crippen molar-refractivity contribution in [3.8, 4) is 5.75 Å². The summed E-state index contributed by atoms with van der Waals surface area (Å²) in [5, 5.41) is 12.5. The Morgan fingerprint density at radius 3 is 2.78 bits per heavy atom. The Bertz CT molecular complexity index is 1120. The summed E-state index contributed by atoms with van der Waals surface area (Å²) in [6.45, 7) is 4.41. The SMILES string of the molecule is COc1ccc(C)cc1N1CC(C(=O)Nc2nnc(CC(C)c3ccccc3)s2)CC1=O. The zero-order chi connectivity index (χ0) is 22.7. The second kappa shape index (κ2) is 9.48. The van der Waals surface area contributed by atoms with E-state index in [-0.39, 0.29) is 18.2 Å². The highest BCUT2D eigenvalue weighted by molar-refractivity contribution is 7.15. The molecule has 0 saturated carbocycles. The molecular formula is C24H26N4O3S. The molecule has 1 fully saturated rings. The second-order valence-corrected chi connectivity index (χ2v) is 9.15. The molecule has 1 N–H and O–H groups in total. The number of hydrogen-bond donors (Lipinski definition) is 1. The number of amides is 2. The maximum atomic E-state index is 12.8. The Labute approximate surface area is 191 Å². The highest BCUT2D eigenvalue weighted by atomic mass is 32.1. The maximum Gasteiger partial charge on any atom is 0.231 e. The van der Waals surface area contributed by atoms with Gasteiger partial charge in [-0.05, 0) is 36.1 Å². The Balaban J connectivity index is 1.39. The maximum absolute atomic E-state index is 12.8. The molecule has 166 valence electrons. The fourth-order valence-electron chi connectivity index (χ4n) is 3.88. The van der Waals surface area contributed by atoms with Crippen molar-refractivity contribution >= 4 is 34.0 Å². The van der Waals surface area contributed by atoms with E-state index in [0.717, 1.165) is 17.0 Å². The molecular weight excluding hydrogens is 424 g/mol. The number of carbonyl (C=O) groups excluding carboxylic acids is 2. The molecule has 0 bridgehead atoms. The van der Waals surface area contributed by atoms with Crippen LogP contribution in [0.25, 0.3) is 0 Å². The number of nitrogens with zero attached hydrogens (tertiary/aromatic N) is 3. The minimum absolute atomic E-state index is 0.0938. The minimum atomic E-state index is -0.455. The van der Waals surface area contributed by atoms with Gasteiger partial charge in [-0.15, -0.1) is 10.2 Å². The van der Waals surface area contributed by atoms with Gasteiger partial charge in [-0.3, -0.25) is 9.59 Å². The predicted octanol–water partition coefficient (Wildman–Crippen LogP) is 4.19. The van der Waals surface area contributed by atoms with Crippen LogP contribution in [0.1, 0.15) is 35.4 Å². The van der Waals surface area contributed by atoms with Crippen LogP contribution < -0.4 is 15.0 Å². The van der Waals surface area contributed by atoms with Gasteiger partial charge >= 0.3 is 0 Å². The molecule has 2 unspecified atom stereocenters. The van der Waals surface area contributed by atoms with Crippen LogP contribution in [0.5, 0.6) is 5.75 Å². The summed E-state index contributed by atoms with van der Waals surface area (Å²) in [6.07, 6.45) is 0.903. The number of aryl methyl sites for hydroxylation is 1. The van der Waals surface area contributed by atoms with Crippen molar-refractivity contribution in [2.45, 2.75) is 32.6 Å². The van der Waals surface area contributed by atoms with E-state index >= 15 is 0 Å². The van der Waals surface area contributed by atoms with Gasteiger partial charge in [0.2, 0.25) is 16.9 Å². The van der Waals surface area contributed by atoms with E-state index < -0.39 is 5.92 Å². The first-order valence-corrected chi connectivity index (χ1v) is 11.4. The van der Waals surface area contributed by atoms with Crippen molar-refractivity contribution in [3.63, 3.8) is 0 Å². The molecule has 7 nitrogen and oxygen atoms in total. The number of nitrogens with one attached hydrogen (secondary N) is 1. The molecule has 0 radical (unpaired) electrons. The molecule has 2 amide bonds. The van der Waals surface area contributed by atoms with Gasteiger partial charge in [0.1, 0.15) is 10.8 Å². The molecule has 8 heteroatoms. The van der Waals surface area contributed by atoms with Crippen LogP contribution in [0.3, 0.4) is 0 Å². The number of methoxy groups -OCH3 is 1. The van der Waals surface area contributed by atoms with Crippen LogP contribution in [0.4, 0.5) is 10.8 Å². The molecule has 1 aliphatic heterocycles. The largest absolute Gasteiger partial charge is 0.495 e. The minimum Gasteiger partial charge on any atom is -0.495 e. The molecule has 2 atom stereocenters. The van der Waals surface area contributed by atoms with Gasteiger partial charge in [-0.25, -0.2) is 0 Å². The quantitative estimate of drug-likeness (QED) is 0.583. The van der Waals surface area contributed by atoms with Gasteiger partial charge in [0, 0.05) is 19.4 Å². The van der Waals surface area contributed by atoms with Gasteiger partial charge in [-0.1, -0.05) is 54.7 Å². The Morgan fingerprint density at radius 1 is 1.25 bits per heavy atom. The van der Waals surface area contributed by atoms with Crippen molar-refractivity contribution in [1.82, 2.24) is 10.2 Å². The number of anilines is 2. The zero-order valence-corrected chi connectivity index (χ0v) is 19.2. The molecule has 3 aromatic rings. The lowest BCUT2D eigenvalue weighted by atomic mass is 9.98. The first-order valence-electron chi connectivity index (χ1n) is 10.6. The zero-order valence-electron chi connectivity index (χ0n) is 18.4. The topological polar surface area (TPSA) is 84.4 Å². The number of rotatable bonds is 7. The fourth-order valence-corrected chi connectivity index (χ4v) is 4.75. The van der Waals surface area contributed by atoms with Crippen molar-refractivity contribution in [2.24, 2.45) is 5.92 Å². The van der Waals surface area contributed by atoms with Crippen LogP contribution in [0.2, 0.25) is 0 Å². The van der Waals surface area contributed by atoms with Crippen LogP contribution in [-0.2, 0) is 16.0 Å². The van der Waals surface area contributed by atoms with Crippen LogP contribution in [-0.4, -0.2) is 35.7 Å². The number of hydrogen-bond acceptors (Lipinski definition) is 6. The van der Waals surface area contributed by atoms with E-state index in [9.17, 15) is 9.59 Å². The Kier molecular flexibility index (Phi) is 6.50. The first-order chi connectivity index (χ1) is 15.4. The highest BCUT2D eigenvalue weighted by Crippen LogP contribution is 2.34. The van der Waals surface area contributed by atoms with Crippen molar-refractivity contribution in [2.75, 3.05) is 23.9 Å². The number of carbonyl (C=O) groups is 2. The number of aromatic nitrogens is 2. The summed E-state index contributed by atoms with van der Waals surface area (Å²) in [6, 6.07) is 15.9. The lowest BCUT2D eigenvalue weighted by Crippen LogP contribution is -2.28. The molecule has 1 saturated heterocycles. The number of benzene rings is 2. The van der Waals surface area contributed by atoms with E-state index in [1.165, 1.54) is 16.9 Å². The molecule has 1 aromatic heterocycles. The Hall–Kier alpha value is -3.26. The molecule has 0 spiro atoms. The van der Waals surface area contributed by atoms with E-state index in [1.54, 1.807) is 12.0 Å². The molecule has 4 rings (SSSR count). The Morgan fingerprint density at radius 2 is 2.03 bits per heavy atom. The number of ether oxygens (including phenoxy) is 1. The standard InChI is InChI=1S/C24H26N4O3S/c1-15-9-10-20(31-3)19(11-15)28-14-18(13-22(28)29)23(30)25-24-27-26-21(32-24)12-16(2)17-7-5-4-6-8-17/h4-11,16,18H,12-14H2,1-3H3,(H,25,27,30). The van der Waals surface area contributed by atoms with E-state index in [1.807, 2.05) is 43.3 Å². The van der Waals surface area contributed by atoms with E-state index in [2.05, 4.69) is 34.6 Å². The summed E-state index contributed by atoms with van der Waals surface area (Å²) in [7, 11) is 1.57. The molecule has 32 heavy (non-hydrogen) atoms. The van der Waals surface area contributed by atoms with Gasteiger partial charge in [0.15, 0.2) is 0 Å². The summed E-state index contributed by atoms with van der Waals surface area (Å²) in [4.78, 5) is 27.1. The smallest absolute Gasteiger partial charge is 0.231 e. The third-order valence-corrected chi connectivity index (χ3v) is 6.53. The van der Waals surface area contributed by atoms with Crippen molar-refractivity contribution in [1.29, 1.82) is 0 Å². The van der Waals surface area contributed by atoms with Gasteiger partial charge < -0.3 is 15.0 Å².